The number of benzene rings is 2. The molecule has 0 radical (unpaired) electrons. The zero-order valence-electron chi connectivity index (χ0n) is 14.3. The summed E-state index contributed by atoms with van der Waals surface area (Å²) in [7, 11) is 0. The van der Waals surface area contributed by atoms with Gasteiger partial charge in [-0.25, -0.2) is 0 Å². The second kappa shape index (κ2) is 7.13. The maximum Gasteiger partial charge on any atom is 0.250 e. The van der Waals surface area contributed by atoms with E-state index >= 15 is 0 Å². The van der Waals surface area contributed by atoms with Crippen LogP contribution >= 0.6 is 0 Å². The number of rotatable bonds is 5. The molecule has 0 saturated heterocycles. The van der Waals surface area contributed by atoms with Crippen LogP contribution in [0.5, 0.6) is 0 Å². The highest BCUT2D eigenvalue weighted by Crippen LogP contribution is 2.24. The van der Waals surface area contributed by atoms with Crippen LogP contribution in [0.2, 0.25) is 0 Å². The number of primary amides is 1. The summed E-state index contributed by atoms with van der Waals surface area (Å²) in [6, 6.07) is 11.2. The summed E-state index contributed by atoms with van der Waals surface area (Å²) < 4.78 is 0. The van der Waals surface area contributed by atoms with Gasteiger partial charge in [0.25, 0.3) is 5.91 Å². The number of carbonyl (C=O) groups excluding carboxylic acids is 2. The first kappa shape index (κ1) is 17.5. The number of nitrogens with zero attached hydrogens (tertiary/aromatic N) is 1. The van der Waals surface area contributed by atoms with E-state index < -0.39 is 5.91 Å². The number of carbonyl (C=O) groups is 2. The van der Waals surface area contributed by atoms with E-state index in [9.17, 15) is 9.59 Å². The van der Waals surface area contributed by atoms with Crippen LogP contribution < -0.4 is 10.6 Å². The van der Waals surface area contributed by atoms with Gasteiger partial charge >= 0.3 is 0 Å². The van der Waals surface area contributed by atoms with E-state index in [-0.39, 0.29) is 5.91 Å². The third kappa shape index (κ3) is 3.71. The van der Waals surface area contributed by atoms with Crippen LogP contribution in [0, 0.1) is 20.8 Å². The van der Waals surface area contributed by atoms with Gasteiger partial charge in [-0.05, 0) is 67.3 Å². The average molecular weight is 322 g/mol. The van der Waals surface area contributed by atoms with Crippen molar-refractivity contribution in [3.63, 3.8) is 0 Å². The first-order chi connectivity index (χ1) is 11.3. The van der Waals surface area contributed by atoms with Gasteiger partial charge in [0, 0.05) is 11.3 Å². The molecule has 2 aromatic carbocycles. The molecule has 4 nitrogen and oxygen atoms in total. The van der Waals surface area contributed by atoms with E-state index in [1.54, 1.807) is 17.0 Å². The fourth-order valence-electron chi connectivity index (χ4n) is 2.72. The second-order valence-electron chi connectivity index (χ2n) is 5.92. The van der Waals surface area contributed by atoms with Crippen molar-refractivity contribution in [3.05, 3.63) is 76.9 Å². The SMILES string of the molecule is C=CC(=O)N(Cc1c(C)cccc1C)c1cc(C)cc(C(N)=O)c1. The maximum absolute atomic E-state index is 12.4. The van der Waals surface area contributed by atoms with Gasteiger partial charge in [-0.2, -0.15) is 0 Å². The van der Waals surface area contributed by atoms with Crippen molar-refractivity contribution in [3.8, 4) is 0 Å². The first-order valence-electron chi connectivity index (χ1n) is 7.74. The minimum atomic E-state index is -0.516. The van der Waals surface area contributed by atoms with Crippen LogP contribution in [-0.2, 0) is 11.3 Å². The van der Waals surface area contributed by atoms with Gasteiger partial charge in [0.05, 0.1) is 6.54 Å². The van der Waals surface area contributed by atoms with E-state index in [0.717, 1.165) is 22.3 Å². The molecule has 0 heterocycles. The molecule has 2 aromatic rings. The Morgan fingerprint density at radius 2 is 1.75 bits per heavy atom. The number of anilines is 1. The molecule has 124 valence electrons. The fraction of sp³-hybridized carbons (Fsp3) is 0.200. The summed E-state index contributed by atoms with van der Waals surface area (Å²) in [6.45, 7) is 9.90. The van der Waals surface area contributed by atoms with Crippen molar-refractivity contribution in [1.29, 1.82) is 0 Å². The van der Waals surface area contributed by atoms with Crippen LogP contribution in [0.4, 0.5) is 5.69 Å². The molecule has 24 heavy (non-hydrogen) atoms. The van der Waals surface area contributed by atoms with E-state index in [1.807, 2.05) is 45.0 Å². The Kier molecular flexibility index (Phi) is 5.19. The molecule has 0 fully saturated rings. The summed E-state index contributed by atoms with van der Waals surface area (Å²) >= 11 is 0. The largest absolute Gasteiger partial charge is 0.366 e. The van der Waals surface area contributed by atoms with E-state index in [2.05, 4.69) is 6.58 Å². The Morgan fingerprint density at radius 3 is 2.29 bits per heavy atom. The molecule has 0 aliphatic heterocycles. The Bertz CT molecular complexity index is 789. The highest BCUT2D eigenvalue weighted by atomic mass is 16.2. The molecule has 2 N–H and O–H groups in total. The van der Waals surface area contributed by atoms with E-state index in [1.165, 1.54) is 6.08 Å². The van der Waals surface area contributed by atoms with Gasteiger partial charge in [0.2, 0.25) is 5.91 Å². The summed E-state index contributed by atoms with van der Waals surface area (Å²) in [5.41, 5.74) is 10.6. The smallest absolute Gasteiger partial charge is 0.250 e. The molecule has 0 unspecified atom stereocenters. The number of nitrogens with two attached hydrogens (primary N) is 1. The summed E-state index contributed by atoms with van der Waals surface area (Å²) in [5.74, 6) is -0.739. The van der Waals surface area contributed by atoms with Crippen LogP contribution in [0.15, 0.2) is 49.1 Å². The lowest BCUT2D eigenvalue weighted by Crippen LogP contribution is -2.29. The van der Waals surface area contributed by atoms with E-state index in [4.69, 9.17) is 5.73 Å². The number of hydrogen-bond acceptors (Lipinski definition) is 2. The van der Waals surface area contributed by atoms with Crippen LogP contribution in [-0.4, -0.2) is 11.8 Å². The molecule has 0 aliphatic rings. The molecule has 4 heteroatoms. The summed E-state index contributed by atoms with van der Waals surface area (Å²) in [6.07, 6.45) is 1.28. The first-order valence-corrected chi connectivity index (χ1v) is 7.74. The number of amides is 2. The third-order valence-corrected chi connectivity index (χ3v) is 4.06. The molecule has 2 amide bonds. The Balaban J connectivity index is 2.52. The van der Waals surface area contributed by atoms with Crippen molar-refractivity contribution in [2.24, 2.45) is 5.73 Å². The Hall–Kier alpha value is -2.88. The summed E-state index contributed by atoms with van der Waals surface area (Å²) in [5, 5.41) is 0. The van der Waals surface area contributed by atoms with Gasteiger partial charge in [0.15, 0.2) is 0 Å². The molecule has 2 rings (SSSR count). The minimum absolute atomic E-state index is 0.223. The predicted octanol–water partition coefficient (Wildman–Crippen LogP) is 3.43. The minimum Gasteiger partial charge on any atom is -0.366 e. The molecule has 0 aromatic heterocycles. The average Bonchev–Trinajstić information content (AvgIpc) is 2.53. The predicted molar refractivity (Wildman–Crippen MR) is 97.0 cm³/mol. The zero-order valence-corrected chi connectivity index (χ0v) is 14.3. The highest BCUT2D eigenvalue weighted by molar-refractivity contribution is 6.02. The Morgan fingerprint density at radius 1 is 1.12 bits per heavy atom. The maximum atomic E-state index is 12.4. The van der Waals surface area contributed by atoms with Gasteiger partial charge < -0.3 is 10.6 Å². The number of hydrogen-bond donors (Lipinski definition) is 1. The number of aryl methyl sites for hydroxylation is 3. The van der Waals surface area contributed by atoms with Crippen molar-refractivity contribution in [2.45, 2.75) is 27.3 Å². The lowest BCUT2D eigenvalue weighted by molar-refractivity contribution is -0.114. The molecule has 0 saturated carbocycles. The highest BCUT2D eigenvalue weighted by Gasteiger charge is 2.17. The Labute approximate surface area is 142 Å². The molecule has 0 aliphatic carbocycles. The molecular weight excluding hydrogens is 300 g/mol. The second-order valence-corrected chi connectivity index (χ2v) is 5.92. The van der Waals surface area contributed by atoms with Crippen LogP contribution in [0.1, 0.15) is 32.6 Å². The zero-order chi connectivity index (χ0) is 17.9. The van der Waals surface area contributed by atoms with Crippen molar-refractivity contribution in [2.75, 3.05) is 4.90 Å². The normalized spacial score (nSPS) is 10.3. The van der Waals surface area contributed by atoms with Crippen molar-refractivity contribution >= 4 is 17.5 Å². The lowest BCUT2D eigenvalue weighted by atomic mass is 10.0. The fourth-order valence-corrected chi connectivity index (χ4v) is 2.72. The van der Waals surface area contributed by atoms with Gasteiger partial charge in [-0.3, -0.25) is 9.59 Å². The quantitative estimate of drug-likeness (QED) is 0.857. The van der Waals surface area contributed by atoms with Crippen molar-refractivity contribution < 1.29 is 9.59 Å². The van der Waals surface area contributed by atoms with Gasteiger partial charge in [-0.15, -0.1) is 0 Å². The third-order valence-electron chi connectivity index (χ3n) is 4.06. The van der Waals surface area contributed by atoms with Gasteiger partial charge in [0.1, 0.15) is 0 Å². The lowest BCUT2D eigenvalue weighted by Gasteiger charge is -2.24. The molecular formula is C20H22N2O2. The van der Waals surface area contributed by atoms with Crippen molar-refractivity contribution in [1.82, 2.24) is 0 Å². The summed E-state index contributed by atoms with van der Waals surface area (Å²) in [4.78, 5) is 25.6. The molecule has 0 atom stereocenters. The van der Waals surface area contributed by atoms with Crippen LogP contribution in [0.3, 0.4) is 0 Å². The topological polar surface area (TPSA) is 63.4 Å². The van der Waals surface area contributed by atoms with Gasteiger partial charge in [-0.1, -0.05) is 24.8 Å². The molecule has 0 spiro atoms. The monoisotopic (exact) mass is 322 g/mol. The molecule has 0 bridgehead atoms. The van der Waals surface area contributed by atoms with E-state index in [0.29, 0.717) is 17.8 Å². The van der Waals surface area contributed by atoms with Crippen LogP contribution in [0.25, 0.3) is 0 Å². The standard InChI is InChI=1S/C20H22N2O2/c1-5-19(23)22(12-18-14(3)7-6-8-15(18)4)17-10-13(2)9-16(11-17)20(21)24/h5-11H,1,12H2,2-4H3,(H2,21,24).